The monoisotopic (exact) mass is 376 g/mol. The first kappa shape index (κ1) is 16.1. The van der Waals surface area contributed by atoms with Gasteiger partial charge in [-0.25, -0.2) is 4.98 Å². The molecule has 0 N–H and O–H groups in total. The minimum atomic E-state index is 0.351. The van der Waals surface area contributed by atoms with E-state index >= 15 is 0 Å². The van der Waals surface area contributed by atoms with Crippen LogP contribution in [0.3, 0.4) is 0 Å². The fourth-order valence-electron chi connectivity index (χ4n) is 2.75. The summed E-state index contributed by atoms with van der Waals surface area (Å²) >= 11 is 3.44. The summed E-state index contributed by atoms with van der Waals surface area (Å²) in [7, 11) is 3.91. The van der Waals surface area contributed by atoms with Crippen LogP contribution in [0.1, 0.15) is 12.8 Å². The van der Waals surface area contributed by atoms with Crippen LogP contribution in [0, 0.1) is 0 Å². The van der Waals surface area contributed by atoms with Crippen LogP contribution in [-0.4, -0.2) is 43.3 Å². The Bertz CT molecular complexity index is 647. The van der Waals surface area contributed by atoms with Crippen molar-refractivity contribution >= 4 is 27.7 Å². The molecule has 0 amide bonds. The molecule has 1 aromatic heterocycles. The van der Waals surface area contributed by atoms with Gasteiger partial charge in [0.1, 0.15) is 18.2 Å². The second-order valence-corrected chi connectivity index (χ2v) is 6.78. The van der Waals surface area contributed by atoms with Crippen molar-refractivity contribution in [2.45, 2.75) is 18.9 Å². The predicted molar refractivity (Wildman–Crippen MR) is 96.4 cm³/mol. The standard InChI is InChI=1S/C17H21BrN4O/c1-21(2)17-19-10-9-16(20-17)22-11-3-4-14(22)12-23-15-7-5-13(18)6-8-15/h5-10,14H,3-4,11-12H2,1-2H3/t14-/m0/s1. The molecule has 1 aliphatic rings. The maximum absolute atomic E-state index is 5.96. The van der Waals surface area contributed by atoms with Crippen LogP contribution in [-0.2, 0) is 0 Å². The van der Waals surface area contributed by atoms with Crippen molar-refractivity contribution in [3.63, 3.8) is 0 Å². The Morgan fingerprint density at radius 2 is 2.04 bits per heavy atom. The summed E-state index contributed by atoms with van der Waals surface area (Å²) in [5.41, 5.74) is 0. The van der Waals surface area contributed by atoms with Gasteiger partial charge in [-0.15, -0.1) is 0 Å². The zero-order chi connectivity index (χ0) is 16.2. The van der Waals surface area contributed by atoms with Gasteiger partial charge >= 0.3 is 0 Å². The molecule has 0 aliphatic carbocycles. The van der Waals surface area contributed by atoms with Gasteiger partial charge in [-0.1, -0.05) is 15.9 Å². The van der Waals surface area contributed by atoms with Gasteiger partial charge in [0.25, 0.3) is 0 Å². The summed E-state index contributed by atoms with van der Waals surface area (Å²) in [6.07, 6.45) is 4.11. The first-order valence-corrected chi connectivity index (χ1v) is 8.58. The van der Waals surface area contributed by atoms with Crippen LogP contribution in [0.25, 0.3) is 0 Å². The molecule has 2 aromatic rings. The number of hydrogen-bond acceptors (Lipinski definition) is 5. The summed E-state index contributed by atoms with van der Waals surface area (Å²) in [6, 6.07) is 10.3. The second-order valence-electron chi connectivity index (χ2n) is 5.86. The Morgan fingerprint density at radius 1 is 1.26 bits per heavy atom. The molecule has 122 valence electrons. The zero-order valence-electron chi connectivity index (χ0n) is 13.4. The maximum Gasteiger partial charge on any atom is 0.226 e. The molecule has 0 radical (unpaired) electrons. The van der Waals surface area contributed by atoms with Gasteiger partial charge in [-0.2, -0.15) is 4.98 Å². The average molecular weight is 377 g/mol. The molecule has 0 bridgehead atoms. The van der Waals surface area contributed by atoms with Gasteiger partial charge in [0.15, 0.2) is 0 Å². The van der Waals surface area contributed by atoms with Gasteiger partial charge in [0.2, 0.25) is 5.95 Å². The first-order chi connectivity index (χ1) is 11.1. The largest absolute Gasteiger partial charge is 0.491 e. The summed E-state index contributed by atoms with van der Waals surface area (Å²) < 4.78 is 7.02. The highest BCUT2D eigenvalue weighted by Crippen LogP contribution is 2.25. The second kappa shape index (κ2) is 7.17. The van der Waals surface area contributed by atoms with E-state index in [1.165, 1.54) is 0 Å². The highest BCUT2D eigenvalue weighted by atomic mass is 79.9. The van der Waals surface area contributed by atoms with Crippen molar-refractivity contribution in [1.82, 2.24) is 9.97 Å². The van der Waals surface area contributed by atoms with Crippen molar-refractivity contribution in [1.29, 1.82) is 0 Å². The highest BCUT2D eigenvalue weighted by molar-refractivity contribution is 9.10. The average Bonchev–Trinajstić information content (AvgIpc) is 3.03. The molecular weight excluding hydrogens is 356 g/mol. The quantitative estimate of drug-likeness (QED) is 0.800. The van der Waals surface area contributed by atoms with Crippen LogP contribution in [0.5, 0.6) is 5.75 Å². The SMILES string of the molecule is CN(C)c1nccc(N2CCC[C@H]2COc2ccc(Br)cc2)n1. The molecule has 1 saturated heterocycles. The first-order valence-electron chi connectivity index (χ1n) is 7.79. The number of aromatic nitrogens is 2. The normalized spacial score (nSPS) is 17.3. The van der Waals surface area contributed by atoms with E-state index < -0.39 is 0 Å². The number of halogens is 1. The van der Waals surface area contributed by atoms with Gasteiger partial charge in [0, 0.05) is 31.3 Å². The molecule has 5 nitrogen and oxygen atoms in total. The summed E-state index contributed by atoms with van der Waals surface area (Å²) in [4.78, 5) is 13.2. The van der Waals surface area contributed by atoms with E-state index in [0.29, 0.717) is 12.6 Å². The number of nitrogens with zero attached hydrogens (tertiary/aromatic N) is 4. The fraction of sp³-hybridized carbons (Fsp3) is 0.412. The Hall–Kier alpha value is -1.82. The molecule has 0 unspecified atom stereocenters. The van der Waals surface area contributed by atoms with Crippen molar-refractivity contribution in [3.05, 3.63) is 41.0 Å². The number of benzene rings is 1. The third-order valence-corrected chi connectivity index (χ3v) is 4.48. The third kappa shape index (κ3) is 3.93. The number of hydrogen-bond donors (Lipinski definition) is 0. The summed E-state index contributed by atoms with van der Waals surface area (Å²) in [6.45, 7) is 1.68. The molecule has 1 fully saturated rings. The third-order valence-electron chi connectivity index (χ3n) is 3.96. The Balaban J connectivity index is 1.68. The lowest BCUT2D eigenvalue weighted by molar-refractivity contribution is 0.288. The molecule has 0 saturated carbocycles. The zero-order valence-corrected chi connectivity index (χ0v) is 15.0. The predicted octanol–water partition coefficient (Wildman–Crippen LogP) is 3.35. The Labute approximate surface area is 145 Å². The van der Waals surface area contributed by atoms with Gasteiger partial charge in [-0.3, -0.25) is 0 Å². The lowest BCUT2D eigenvalue weighted by atomic mass is 10.2. The molecule has 0 spiro atoms. The Morgan fingerprint density at radius 3 is 2.78 bits per heavy atom. The molecule has 1 atom stereocenters. The number of rotatable bonds is 5. The number of ether oxygens (including phenoxy) is 1. The maximum atomic E-state index is 5.96. The van der Waals surface area contributed by atoms with Crippen LogP contribution >= 0.6 is 15.9 Å². The van der Waals surface area contributed by atoms with Crippen molar-refractivity contribution in [2.24, 2.45) is 0 Å². The summed E-state index contributed by atoms with van der Waals surface area (Å²) in [5, 5.41) is 0. The van der Waals surface area contributed by atoms with E-state index in [1.54, 1.807) is 0 Å². The van der Waals surface area contributed by atoms with E-state index in [-0.39, 0.29) is 0 Å². The van der Waals surface area contributed by atoms with Crippen LogP contribution in [0.15, 0.2) is 41.0 Å². The van der Waals surface area contributed by atoms with Crippen molar-refractivity contribution < 1.29 is 4.74 Å². The summed E-state index contributed by atoms with van der Waals surface area (Å²) in [5.74, 6) is 2.62. The van der Waals surface area contributed by atoms with Gasteiger partial charge in [-0.05, 0) is 43.2 Å². The minimum Gasteiger partial charge on any atom is -0.491 e. The van der Waals surface area contributed by atoms with Gasteiger partial charge < -0.3 is 14.5 Å². The molecule has 2 heterocycles. The van der Waals surface area contributed by atoms with Crippen molar-refractivity contribution in [3.8, 4) is 5.75 Å². The fourth-order valence-corrected chi connectivity index (χ4v) is 3.01. The highest BCUT2D eigenvalue weighted by Gasteiger charge is 2.26. The molecule has 1 aliphatic heterocycles. The molecule has 23 heavy (non-hydrogen) atoms. The smallest absolute Gasteiger partial charge is 0.226 e. The molecule has 1 aromatic carbocycles. The van der Waals surface area contributed by atoms with Crippen molar-refractivity contribution in [2.75, 3.05) is 37.0 Å². The van der Waals surface area contributed by atoms with E-state index in [4.69, 9.17) is 4.74 Å². The van der Waals surface area contributed by atoms with Crippen LogP contribution in [0.4, 0.5) is 11.8 Å². The van der Waals surface area contributed by atoms with E-state index in [2.05, 4.69) is 30.8 Å². The lowest BCUT2D eigenvalue weighted by Crippen LogP contribution is -2.35. The molecule has 6 heteroatoms. The topological polar surface area (TPSA) is 41.5 Å². The van der Waals surface area contributed by atoms with E-state index in [0.717, 1.165) is 41.4 Å². The van der Waals surface area contributed by atoms with Gasteiger partial charge in [0.05, 0.1) is 6.04 Å². The molecule has 3 rings (SSSR count). The van der Waals surface area contributed by atoms with E-state index in [1.807, 2.05) is 55.5 Å². The minimum absolute atomic E-state index is 0.351. The molecular formula is C17H21BrN4O. The van der Waals surface area contributed by atoms with E-state index in [9.17, 15) is 0 Å². The Kier molecular flexibility index (Phi) is 5.00. The van der Waals surface area contributed by atoms with Crippen LogP contribution < -0.4 is 14.5 Å². The lowest BCUT2D eigenvalue weighted by Gasteiger charge is -2.26. The number of anilines is 2. The van der Waals surface area contributed by atoms with Crippen LogP contribution in [0.2, 0.25) is 0 Å².